The molecule has 4 heteroatoms. The van der Waals surface area contributed by atoms with E-state index >= 15 is 0 Å². The molecule has 1 aromatic rings. The number of hydrogen-bond acceptors (Lipinski definition) is 4. The lowest BCUT2D eigenvalue weighted by molar-refractivity contribution is 0.194. The number of methoxy groups -OCH3 is 1. The highest BCUT2D eigenvalue weighted by molar-refractivity contribution is 7.99. The van der Waals surface area contributed by atoms with Crippen molar-refractivity contribution in [2.75, 3.05) is 31.8 Å². The second kappa shape index (κ2) is 8.25. The van der Waals surface area contributed by atoms with Crippen LogP contribution < -0.4 is 10.5 Å². The summed E-state index contributed by atoms with van der Waals surface area (Å²) < 4.78 is 10.5. The summed E-state index contributed by atoms with van der Waals surface area (Å²) in [7, 11) is 1.73. The quantitative estimate of drug-likeness (QED) is 0.440. The molecule has 0 unspecified atom stereocenters. The molecule has 0 aromatic heterocycles. The minimum absolute atomic E-state index is 0.682. The average Bonchev–Trinajstić information content (AvgIpc) is 2.33. The van der Waals surface area contributed by atoms with Crippen molar-refractivity contribution in [2.24, 2.45) is 0 Å². The van der Waals surface area contributed by atoms with Gasteiger partial charge in [-0.1, -0.05) is 0 Å². The van der Waals surface area contributed by atoms with Crippen LogP contribution in [0.5, 0.6) is 5.75 Å². The molecule has 0 heterocycles. The first-order valence-electron chi connectivity index (χ1n) is 5.92. The molecule has 1 rings (SSSR count). The van der Waals surface area contributed by atoms with Gasteiger partial charge in [-0.3, -0.25) is 0 Å². The fourth-order valence-corrected chi connectivity index (χ4v) is 2.43. The highest BCUT2D eigenvalue weighted by atomic mass is 32.2. The zero-order valence-corrected chi connectivity index (χ0v) is 11.4. The SMILES string of the molecule is CCOc1ccc(N)c(SCCCCOC)c1. The summed E-state index contributed by atoms with van der Waals surface area (Å²) in [5, 5.41) is 0. The van der Waals surface area contributed by atoms with Gasteiger partial charge in [0.25, 0.3) is 0 Å². The van der Waals surface area contributed by atoms with E-state index in [2.05, 4.69) is 0 Å². The second-order valence-electron chi connectivity index (χ2n) is 3.68. The van der Waals surface area contributed by atoms with E-state index in [0.29, 0.717) is 6.61 Å². The Morgan fingerprint density at radius 3 is 2.82 bits per heavy atom. The largest absolute Gasteiger partial charge is 0.494 e. The molecule has 0 bridgehead atoms. The molecule has 1 aromatic carbocycles. The van der Waals surface area contributed by atoms with Crippen LogP contribution in [0.15, 0.2) is 23.1 Å². The zero-order chi connectivity index (χ0) is 12.5. The third-order valence-electron chi connectivity index (χ3n) is 2.30. The summed E-state index contributed by atoms with van der Waals surface area (Å²) in [4.78, 5) is 1.10. The number of ether oxygens (including phenoxy) is 2. The van der Waals surface area contributed by atoms with Crippen LogP contribution in [0, 0.1) is 0 Å². The number of nitrogens with two attached hydrogens (primary N) is 1. The van der Waals surface area contributed by atoms with Crippen molar-refractivity contribution >= 4 is 17.4 Å². The van der Waals surface area contributed by atoms with Crippen molar-refractivity contribution < 1.29 is 9.47 Å². The molecule has 0 radical (unpaired) electrons. The highest BCUT2D eigenvalue weighted by Gasteiger charge is 2.02. The van der Waals surface area contributed by atoms with E-state index in [4.69, 9.17) is 15.2 Å². The molecule has 0 amide bonds. The van der Waals surface area contributed by atoms with Crippen LogP contribution in [-0.2, 0) is 4.74 Å². The Kier molecular flexibility index (Phi) is 6.89. The predicted molar refractivity (Wildman–Crippen MR) is 73.9 cm³/mol. The first kappa shape index (κ1) is 14.2. The Bertz CT molecular complexity index is 331. The summed E-state index contributed by atoms with van der Waals surface area (Å²) in [6.07, 6.45) is 2.23. The number of nitrogen functional groups attached to an aromatic ring is 1. The van der Waals surface area contributed by atoms with Crippen molar-refractivity contribution in [2.45, 2.75) is 24.7 Å². The Balaban J connectivity index is 2.42. The molecule has 0 aliphatic rings. The van der Waals surface area contributed by atoms with Crippen LogP contribution >= 0.6 is 11.8 Å². The minimum Gasteiger partial charge on any atom is -0.494 e. The number of anilines is 1. The van der Waals surface area contributed by atoms with E-state index in [9.17, 15) is 0 Å². The molecular formula is C13H21NO2S. The number of thioether (sulfide) groups is 1. The first-order valence-corrected chi connectivity index (χ1v) is 6.90. The third-order valence-corrected chi connectivity index (χ3v) is 3.45. The summed E-state index contributed by atoms with van der Waals surface area (Å²) in [5.41, 5.74) is 6.75. The smallest absolute Gasteiger partial charge is 0.120 e. The zero-order valence-electron chi connectivity index (χ0n) is 10.6. The van der Waals surface area contributed by atoms with E-state index in [1.807, 2.05) is 25.1 Å². The van der Waals surface area contributed by atoms with Crippen molar-refractivity contribution in [3.05, 3.63) is 18.2 Å². The van der Waals surface area contributed by atoms with Crippen molar-refractivity contribution in [1.82, 2.24) is 0 Å². The summed E-state index contributed by atoms with van der Waals surface area (Å²) in [6, 6.07) is 5.83. The molecule has 0 saturated carbocycles. The maximum atomic E-state index is 5.93. The van der Waals surface area contributed by atoms with Gasteiger partial charge in [0.2, 0.25) is 0 Å². The number of unbranched alkanes of at least 4 members (excludes halogenated alkanes) is 1. The molecule has 0 aliphatic heterocycles. The molecule has 0 fully saturated rings. The second-order valence-corrected chi connectivity index (χ2v) is 4.82. The van der Waals surface area contributed by atoms with E-state index < -0.39 is 0 Å². The van der Waals surface area contributed by atoms with Crippen LogP contribution in [-0.4, -0.2) is 26.1 Å². The van der Waals surface area contributed by atoms with Crippen LogP contribution in [0.3, 0.4) is 0 Å². The van der Waals surface area contributed by atoms with Crippen molar-refractivity contribution in [3.8, 4) is 5.75 Å². The average molecular weight is 255 g/mol. The lowest BCUT2D eigenvalue weighted by Crippen LogP contribution is -1.95. The standard InChI is InChI=1S/C13H21NO2S/c1-3-16-11-6-7-12(14)13(10-11)17-9-5-4-8-15-2/h6-7,10H,3-5,8-9,14H2,1-2H3. The van der Waals surface area contributed by atoms with Crippen LogP contribution in [0.1, 0.15) is 19.8 Å². The van der Waals surface area contributed by atoms with Crippen molar-refractivity contribution in [3.63, 3.8) is 0 Å². The minimum atomic E-state index is 0.682. The Morgan fingerprint density at radius 1 is 1.29 bits per heavy atom. The van der Waals surface area contributed by atoms with E-state index in [-0.39, 0.29) is 0 Å². The van der Waals surface area contributed by atoms with Gasteiger partial charge in [-0.2, -0.15) is 0 Å². The number of hydrogen-bond donors (Lipinski definition) is 1. The lowest BCUT2D eigenvalue weighted by Gasteiger charge is -2.08. The predicted octanol–water partition coefficient (Wildman–Crippen LogP) is 3.19. The molecule has 3 nitrogen and oxygen atoms in total. The Hall–Kier alpha value is -0.870. The molecule has 17 heavy (non-hydrogen) atoms. The fraction of sp³-hybridized carbons (Fsp3) is 0.538. The molecule has 0 spiro atoms. The Labute approximate surface area is 108 Å². The number of benzene rings is 1. The van der Waals surface area contributed by atoms with Gasteiger partial charge in [-0.05, 0) is 43.7 Å². The summed E-state index contributed by atoms with van der Waals surface area (Å²) >= 11 is 1.78. The van der Waals surface area contributed by atoms with Crippen LogP contribution in [0.4, 0.5) is 5.69 Å². The highest BCUT2D eigenvalue weighted by Crippen LogP contribution is 2.29. The monoisotopic (exact) mass is 255 g/mol. The summed E-state index contributed by atoms with van der Waals surface area (Å²) in [6.45, 7) is 3.49. The van der Waals surface area contributed by atoms with Crippen LogP contribution in [0.2, 0.25) is 0 Å². The molecular weight excluding hydrogens is 234 g/mol. The van der Waals surface area contributed by atoms with Gasteiger partial charge in [0.15, 0.2) is 0 Å². The van der Waals surface area contributed by atoms with Gasteiger partial charge >= 0.3 is 0 Å². The lowest BCUT2D eigenvalue weighted by atomic mass is 10.3. The summed E-state index contributed by atoms with van der Waals surface area (Å²) in [5.74, 6) is 1.95. The molecule has 96 valence electrons. The van der Waals surface area contributed by atoms with Gasteiger partial charge in [0, 0.05) is 24.3 Å². The molecule has 0 aliphatic carbocycles. The third kappa shape index (κ3) is 5.33. The maximum Gasteiger partial charge on any atom is 0.120 e. The normalized spacial score (nSPS) is 10.5. The molecule has 0 atom stereocenters. The van der Waals surface area contributed by atoms with Gasteiger partial charge < -0.3 is 15.2 Å². The Morgan fingerprint density at radius 2 is 2.12 bits per heavy atom. The van der Waals surface area contributed by atoms with Crippen molar-refractivity contribution in [1.29, 1.82) is 0 Å². The number of rotatable bonds is 8. The van der Waals surface area contributed by atoms with Gasteiger partial charge in [-0.25, -0.2) is 0 Å². The van der Waals surface area contributed by atoms with Gasteiger partial charge in [0.1, 0.15) is 5.75 Å². The maximum absolute atomic E-state index is 5.93. The van der Waals surface area contributed by atoms with Gasteiger partial charge in [-0.15, -0.1) is 11.8 Å². The van der Waals surface area contributed by atoms with E-state index in [0.717, 1.165) is 41.5 Å². The van der Waals surface area contributed by atoms with E-state index in [1.165, 1.54) is 0 Å². The molecule has 0 saturated heterocycles. The van der Waals surface area contributed by atoms with E-state index in [1.54, 1.807) is 18.9 Å². The van der Waals surface area contributed by atoms with Crippen LogP contribution in [0.25, 0.3) is 0 Å². The van der Waals surface area contributed by atoms with Gasteiger partial charge in [0.05, 0.1) is 6.61 Å². The first-order chi connectivity index (χ1) is 8.27. The fourth-order valence-electron chi connectivity index (χ4n) is 1.43. The topological polar surface area (TPSA) is 44.5 Å². The molecule has 2 N–H and O–H groups in total.